The third kappa shape index (κ3) is 3.56. The number of nitrogens with zero attached hydrogens (tertiary/aromatic N) is 2. The summed E-state index contributed by atoms with van der Waals surface area (Å²) >= 11 is 0. The van der Waals surface area contributed by atoms with Crippen LogP contribution in [0.25, 0.3) is 0 Å². The van der Waals surface area contributed by atoms with E-state index in [9.17, 15) is 0 Å². The van der Waals surface area contributed by atoms with Crippen molar-refractivity contribution in [3.8, 4) is 0 Å². The highest BCUT2D eigenvalue weighted by Crippen LogP contribution is 2.23. The molecule has 0 radical (unpaired) electrons. The Labute approximate surface area is 98.7 Å². The van der Waals surface area contributed by atoms with Gasteiger partial charge in [0, 0.05) is 6.20 Å². The average Bonchev–Trinajstić information content (AvgIpc) is 2.32. The third-order valence-corrected chi connectivity index (χ3v) is 3.23. The van der Waals surface area contributed by atoms with Crippen molar-refractivity contribution in [1.82, 2.24) is 15.3 Å². The molecule has 0 fully saturated rings. The second-order valence-electron chi connectivity index (χ2n) is 4.34. The largest absolute Gasteiger partial charge is 0.312 e. The number of hydrogen-bond donors (Lipinski definition) is 1. The van der Waals surface area contributed by atoms with Gasteiger partial charge in [0.25, 0.3) is 0 Å². The smallest absolute Gasteiger partial charge is 0.0756 e. The van der Waals surface area contributed by atoms with Crippen LogP contribution in [0, 0.1) is 12.8 Å². The van der Waals surface area contributed by atoms with Crippen LogP contribution in [0.15, 0.2) is 12.4 Å². The molecule has 0 aromatic carbocycles. The van der Waals surface area contributed by atoms with Gasteiger partial charge < -0.3 is 5.32 Å². The van der Waals surface area contributed by atoms with Crippen molar-refractivity contribution < 1.29 is 0 Å². The Morgan fingerprint density at radius 2 is 1.88 bits per heavy atom. The molecule has 90 valence electrons. The van der Waals surface area contributed by atoms with Crippen LogP contribution in [0.4, 0.5) is 0 Å². The predicted molar refractivity (Wildman–Crippen MR) is 67.3 cm³/mol. The molecule has 1 aromatic rings. The quantitative estimate of drug-likeness (QED) is 0.802. The maximum absolute atomic E-state index is 4.45. The van der Waals surface area contributed by atoms with E-state index in [1.54, 1.807) is 0 Å². The molecule has 0 saturated heterocycles. The van der Waals surface area contributed by atoms with Gasteiger partial charge in [0.2, 0.25) is 0 Å². The van der Waals surface area contributed by atoms with Gasteiger partial charge in [0.05, 0.1) is 23.6 Å². The van der Waals surface area contributed by atoms with Crippen LogP contribution in [-0.4, -0.2) is 17.0 Å². The van der Waals surface area contributed by atoms with Crippen molar-refractivity contribution in [1.29, 1.82) is 0 Å². The Balaban J connectivity index is 2.70. The highest BCUT2D eigenvalue weighted by Gasteiger charge is 2.15. The van der Waals surface area contributed by atoms with E-state index >= 15 is 0 Å². The number of rotatable bonds is 6. The van der Waals surface area contributed by atoms with Crippen molar-refractivity contribution in [2.24, 2.45) is 5.92 Å². The minimum absolute atomic E-state index is 0.331. The van der Waals surface area contributed by atoms with Crippen LogP contribution in [0.2, 0.25) is 0 Å². The van der Waals surface area contributed by atoms with Gasteiger partial charge in [0.15, 0.2) is 0 Å². The summed E-state index contributed by atoms with van der Waals surface area (Å²) < 4.78 is 0. The van der Waals surface area contributed by atoms with E-state index in [4.69, 9.17) is 0 Å². The first-order valence-electron chi connectivity index (χ1n) is 6.17. The Morgan fingerprint density at radius 3 is 2.31 bits per heavy atom. The average molecular weight is 221 g/mol. The van der Waals surface area contributed by atoms with Gasteiger partial charge in [-0.2, -0.15) is 0 Å². The summed E-state index contributed by atoms with van der Waals surface area (Å²) in [6.07, 6.45) is 7.33. The van der Waals surface area contributed by atoms with Gasteiger partial charge in [-0.3, -0.25) is 9.97 Å². The monoisotopic (exact) mass is 221 g/mol. The van der Waals surface area contributed by atoms with E-state index in [0.717, 1.165) is 23.7 Å². The maximum Gasteiger partial charge on any atom is 0.0756 e. The van der Waals surface area contributed by atoms with Gasteiger partial charge in [-0.15, -0.1) is 0 Å². The van der Waals surface area contributed by atoms with Gasteiger partial charge >= 0.3 is 0 Å². The first kappa shape index (κ1) is 13.1. The first-order valence-corrected chi connectivity index (χ1v) is 6.17. The molecule has 3 heteroatoms. The second kappa shape index (κ2) is 6.59. The molecular formula is C13H23N3. The topological polar surface area (TPSA) is 37.8 Å². The van der Waals surface area contributed by atoms with Crippen LogP contribution in [0.1, 0.15) is 50.5 Å². The lowest BCUT2D eigenvalue weighted by molar-refractivity contribution is 0.380. The Morgan fingerprint density at radius 1 is 1.19 bits per heavy atom. The highest BCUT2D eigenvalue weighted by molar-refractivity contribution is 5.05. The van der Waals surface area contributed by atoms with E-state index in [-0.39, 0.29) is 0 Å². The highest BCUT2D eigenvalue weighted by atomic mass is 14.9. The molecule has 0 spiro atoms. The summed E-state index contributed by atoms with van der Waals surface area (Å²) in [4.78, 5) is 8.75. The fourth-order valence-corrected chi connectivity index (χ4v) is 1.92. The predicted octanol–water partition coefficient (Wildman–Crippen LogP) is 2.87. The van der Waals surface area contributed by atoms with Crippen molar-refractivity contribution in [3.05, 3.63) is 23.8 Å². The van der Waals surface area contributed by atoms with Crippen molar-refractivity contribution in [2.45, 2.75) is 46.1 Å². The molecule has 1 rings (SSSR count). The summed E-state index contributed by atoms with van der Waals surface area (Å²) in [7, 11) is 1.99. The van der Waals surface area contributed by atoms with Crippen LogP contribution >= 0.6 is 0 Å². The van der Waals surface area contributed by atoms with Crippen LogP contribution in [0.5, 0.6) is 0 Å². The van der Waals surface area contributed by atoms with Gasteiger partial charge in [0.1, 0.15) is 0 Å². The molecular weight excluding hydrogens is 198 g/mol. The van der Waals surface area contributed by atoms with E-state index in [0.29, 0.717) is 6.04 Å². The second-order valence-corrected chi connectivity index (χ2v) is 4.34. The van der Waals surface area contributed by atoms with E-state index < -0.39 is 0 Å². The van der Waals surface area contributed by atoms with E-state index in [1.807, 2.05) is 26.4 Å². The molecule has 1 aromatic heterocycles. The van der Waals surface area contributed by atoms with Crippen LogP contribution in [-0.2, 0) is 0 Å². The summed E-state index contributed by atoms with van der Waals surface area (Å²) in [6, 6.07) is 0.331. The third-order valence-electron chi connectivity index (χ3n) is 3.23. The zero-order valence-electron chi connectivity index (χ0n) is 10.8. The number of hydrogen-bond acceptors (Lipinski definition) is 3. The standard InChI is InChI=1S/C13H23N3/c1-5-11(6-2)7-12(14-4)13-9-15-10(3)8-16-13/h8-9,11-12,14H,5-7H2,1-4H3. The molecule has 1 heterocycles. The molecule has 1 N–H and O–H groups in total. The van der Waals surface area contributed by atoms with Crippen LogP contribution < -0.4 is 5.32 Å². The molecule has 0 saturated carbocycles. The fourth-order valence-electron chi connectivity index (χ4n) is 1.92. The minimum atomic E-state index is 0.331. The Hall–Kier alpha value is -0.960. The van der Waals surface area contributed by atoms with Gasteiger partial charge in [-0.05, 0) is 26.3 Å². The summed E-state index contributed by atoms with van der Waals surface area (Å²) in [5, 5.41) is 3.33. The molecule has 16 heavy (non-hydrogen) atoms. The molecule has 0 bridgehead atoms. The van der Waals surface area contributed by atoms with Crippen molar-refractivity contribution in [2.75, 3.05) is 7.05 Å². The molecule has 3 nitrogen and oxygen atoms in total. The van der Waals surface area contributed by atoms with Crippen molar-refractivity contribution >= 4 is 0 Å². The lowest BCUT2D eigenvalue weighted by Gasteiger charge is -2.20. The number of aromatic nitrogens is 2. The van der Waals surface area contributed by atoms with Crippen LogP contribution in [0.3, 0.4) is 0 Å². The molecule has 1 atom stereocenters. The van der Waals surface area contributed by atoms with Gasteiger partial charge in [-0.1, -0.05) is 26.7 Å². The normalized spacial score (nSPS) is 13.1. The molecule has 1 unspecified atom stereocenters. The van der Waals surface area contributed by atoms with E-state index in [1.165, 1.54) is 12.8 Å². The van der Waals surface area contributed by atoms with E-state index in [2.05, 4.69) is 29.1 Å². The Bertz CT molecular complexity index is 291. The summed E-state index contributed by atoms with van der Waals surface area (Å²) in [6.45, 7) is 6.47. The molecule has 0 aliphatic carbocycles. The number of nitrogens with one attached hydrogen (secondary N) is 1. The SMILES string of the molecule is CCC(CC)CC(NC)c1cnc(C)cn1. The molecule has 0 aliphatic rings. The lowest BCUT2D eigenvalue weighted by atomic mass is 9.93. The summed E-state index contributed by atoms with van der Waals surface area (Å²) in [5.74, 6) is 0.764. The first-order chi connectivity index (χ1) is 7.71. The zero-order chi connectivity index (χ0) is 12.0. The Kier molecular flexibility index (Phi) is 5.39. The molecule has 0 aliphatic heterocycles. The zero-order valence-corrected chi connectivity index (χ0v) is 10.8. The molecule has 0 amide bonds. The fraction of sp³-hybridized carbons (Fsp3) is 0.692. The maximum atomic E-state index is 4.45. The van der Waals surface area contributed by atoms with Gasteiger partial charge in [-0.25, -0.2) is 0 Å². The lowest BCUT2D eigenvalue weighted by Crippen LogP contribution is -2.21. The summed E-state index contributed by atoms with van der Waals surface area (Å²) in [5.41, 5.74) is 2.03. The minimum Gasteiger partial charge on any atom is -0.312 e. The van der Waals surface area contributed by atoms with Crippen molar-refractivity contribution in [3.63, 3.8) is 0 Å². The number of aryl methyl sites for hydroxylation is 1.